The van der Waals surface area contributed by atoms with Crippen LogP contribution >= 0.6 is 0 Å². The third-order valence-electron chi connectivity index (χ3n) is 7.76. The number of amides is 4. The Morgan fingerprint density at radius 3 is 2.41 bits per heavy atom. The van der Waals surface area contributed by atoms with E-state index in [1.54, 1.807) is 32.9 Å². The predicted molar refractivity (Wildman–Crippen MR) is 142 cm³/mol. The number of fused-ring (bicyclic) bond motifs is 2. The maximum atomic E-state index is 13.6. The summed E-state index contributed by atoms with van der Waals surface area (Å²) in [6, 6.07) is 6.97. The molecule has 3 heterocycles. The van der Waals surface area contributed by atoms with Crippen LogP contribution in [0.25, 0.3) is 0 Å². The third-order valence-corrected chi connectivity index (χ3v) is 7.76. The van der Waals surface area contributed by atoms with E-state index in [1.165, 1.54) is 4.90 Å². The van der Waals surface area contributed by atoms with Gasteiger partial charge in [0, 0.05) is 31.2 Å². The Morgan fingerprint density at radius 2 is 1.85 bits per heavy atom. The average Bonchev–Trinajstić information content (AvgIpc) is 3.53. The fourth-order valence-electron chi connectivity index (χ4n) is 5.97. The number of carbonyl (C=O) groups excluding carboxylic acids is 4. The number of hydrogen-bond donors (Lipinski definition) is 2. The summed E-state index contributed by atoms with van der Waals surface area (Å²) in [5.74, 6) is -0.704. The van der Waals surface area contributed by atoms with E-state index < -0.39 is 35.7 Å². The van der Waals surface area contributed by atoms with Crippen LogP contribution in [0.5, 0.6) is 0 Å². The Bertz CT molecular complexity index is 1170. The van der Waals surface area contributed by atoms with Gasteiger partial charge >= 0.3 is 6.09 Å². The zero-order valence-electron chi connectivity index (χ0n) is 23.2. The standard InChI is InChI=1S/C28H38N6O5/c1-16-10-20(12-29)33(13-16)25(36)22(31-27(38)39-28(3,4)5)15-32-14-21-11-23(32)26(37)34(21)17(2)18-6-8-19(9-7-18)24(30)35/h6-9,16-17,20-23H,10-11,13-15H2,1-5H3,(H2,30,35)(H,31,38)/t16?,17?,20?,21-,22?,23?/m0/s1. The highest BCUT2D eigenvalue weighted by atomic mass is 16.6. The maximum Gasteiger partial charge on any atom is 0.408 e. The molecule has 11 nitrogen and oxygen atoms in total. The average molecular weight is 539 g/mol. The smallest absolute Gasteiger partial charge is 0.408 e. The van der Waals surface area contributed by atoms with E-state index in [0.717, 1.165) is 5.56 Å². The van der Waals surface area contributed by atoms with Crippen LogP contribution in [0.4, 0.5) is 4.79 Å². The summed E-state index contributed by atoms with van der Waals surface area (Å²) in [6.45, 7) is 10.3. The quantitative estimate of drug-likeness (QED) is 0.537. The monoisotopic (exact) mass is 538 g/mol. The Balaban J connectivity index is 1.48. The van der Waals surface area contributed by atoms with Gasteiger partial charge in [0.2, 0.25) is 17.7 Å². The van der Waals surface area contributed by atoms with Crippen molar-refractivity contribution in [1.82, 2.24) is 20.0 Å². The Labute approximate surface area is 229 Å². The van der Waals surface area contributed by atoms with Crippen LogP contribution in [0, 0.1) is 17.2 Å². The first-order valence-corrected chi connectivity index (χ1v) is 13.4. The molecule has 5 unspecified atom stereocenters. The van der Waals surface area contributed by atoms with Crippen molar-refractivity contribution in [1.29, 1.82) is 5.26 Å². The van der Waals surface area contributed by atoms with Crippen LogP contribution < -0.4 is 11.1 Å². The first-order chi connectivity index (χ1) is 18.3. The number of nitrogens with zero attached hydrogens (tertiary/aromatic N) is 4. The van der Waals surface area contributed by atoms with Crippen molar-refractivity contribution in [2.24, 2.45) is 11.7 Å². The Morgan fingerprint density at radius 1 is 1.18 bits per heavy atom. The molecule has 0 aliphatic carbocycles. The zero-order valence-corrected chi connectivity index (χ0v) is 23.2. The van der Waals surface area contributed by atoms with Crippen molar-refractivity contribution in [3.05, 3.63) is 35.4 Å². The van der Waals surface area contributed by atoms with Crippen molar-refractivity contribution in [2.45, 2.75) is 83.3 Å². The van der Waals surface area contributed by atoms with Gasteiger partial charge in [-0.25, -0.2) is 4.79 Å². The van der Waals surface area contributed by atoms with E-state index in [9.17, 15) is 24.4 Å². The summed E-state index contributed by atoms with van der Waals surface area (Å²) in [4.78, 5) is 56.5. The lowest BCUT2D eigenvalue weighted by Gasteiger charge is -2.39. The lowest BCUT2D eigenvalue weighted by Crippen LogP contribution is -2.59. The van der Waals surface area contributed by atoms with Gasteiger partial charge in [-0.2, -0.15) is 5.26 Å². The van der Waals surface area contributed by atoms with Crippen molar-refractivity contribution < 1.29 is 23.9 Å². The van der Waals surface area contributed by atoms with Gasteiger partial charge in [0.05, 0.1) is 18.2 Å². The number of alkyl carbamates (subject to hydrolysis) is 1. The van der Waals surface area contributed by atoms with E-state index in [2.05, 4.69) is 11.4 Å². The molecule has 0 spiro atoms. The molecule has 3 N–H and O–H groups in total. The molecule has 2 bridgehead atoms. The van der Waals surface area contributed by atoms with E-state index in [1.807, 2.05) is 35.8 Å². The van der Waals surface area contributed by atoms with Gasteiger partial charge in [-0.3, -0.25) is 19.3 Å². The SMILES string of the molecule is CC1CC(C#N)N(C(=O)C(CN2C[C@@H]3CC2C(=O)N3C(C)c2ccc(C(N)=O)cc2)NC(=O)OC(C)(C)C)C1. The normalized spacial score (nSPS) is 26.3. The number of piperazine rings is 1. The van der Waals surface area contributed by atoms with E-state index >= 15 is 0 Å². The number of nitriles is 1. The molecule has 39 heavy (non-hydrogen) atoms. The molecule has 210 valence electrons. The van der Waals surface area contributed by atoms with Crippen molar-refractivity contribution >= 4 is 23.8 Å². The van der Waals surface area contributed by atoms with Crippen LogP contribution in [0.15, 0.2) is 24.3 Å². The lowest BCUT2D eigenvalue weighted by atomic mass is 10.0. The summed E-state index contributed by atoms with van der Waals surface area (Å²) < 4.78 is 5.42. The minimum absolute atomic E-state index is 0.0362. The highest BCUT2D eigenvalue weighted by molar-refractivity contribution is 5.93. The first-order valence-electron chi connectivity index (χ1n) is 13.4. The van der Waals surface area contributed by atoms with Crippen molar-refractivity contribution in [3.8, 4) is 6.07 Å². The summed E-state index contributed by atoms with van der Waals surface area (Å²) in [5, 5.41) is 12.3. The van der Waals surface area contributed by atoms with Crippen molar-refractivity contribution in [2.75, 3.05) is 19.6 Å². The number of ether oxygens (including phenoxy) is 1. The highest BCUT2D eigenvalue weighted by Crippen LogP contribution is 2.38. The molecular formula is C28H38N6O5. The third kappa shape index (κ3) is 6.01. The van der Waals surface area contributed by atoms with E-state index in [-0.39, 0.29) is 36.4 Å². The van der Waals surface area contributed by atoms with Crippen LogP contribution in [0.1, 0.15) is 69.4 Å². The highest BCUT2D eigenvalue weighted by Gasteiger charge is 2.52. The van der Waals surface area contributed by atoms with Gasteiger partial charge in [-0.1, -0.05) is 19.1 Å². The minimum atomic E-state index is -0.958. The fourth-order valence-corrected chi connectivity index (χ4v) is 5.97. The molecule has 11 heteroatoms. The molecular weight excluding hydrogens is 500 g/mol. The molecule has 0 radical (unpaired) electrons. The topological polar surface area (TPSA) is 149 Å². The van der Waals surface area contributed by atoms with Gasteiger partial charge in [0.25, 0.3) is 0 Å². The van der Waals surface area contributed by atoms with Crippen molar-refractivity contribution in [3.63, 3.8) is 0 Å². The molecule has 6 atom stereocenters. The van der Waals surface area contributed by atoms with Gasteiger partial charge in [0.15, 0.2) is 0 Å². The predicted octanol–water partition coefficient (Wildman–Crippen LogP) is 1.79. The van der Waals surface area contributed by atoms with E-state index in [0.29, 0.717) is 31.5 Å². The number of likely N-dealkylation sites (tertiary alicyclic amines) is 3. The largest absolute Gasteiger partial charge is 0.444 e. The number of hydrogen-bond acceptors (Lipinski definition) is 7. The van der Waals surface area contributed by atoms with Gasteiger partial charge in [0.1, 0.15) is 17.7 Å². The summed E-state index contributed by atoms with van der Waals surface area (Å²) in [7, 11) is 0. The molecule has 3 aliphatic heterocycles. The molecule has 3 aliphatic rings. The second kappa shape index (κ2) is 10.8. The molecule has 3 saturated heterocycles. The Kier molecular flexibility index (Phi) is 7.89. The summed E-state index contributed by atoms with van der Waals surface area (Å²) in [6.07, 6.45) is 0.492. The van der Waals surface area contributed by atoms with Crippen LogP contribution in [-0.4, -0.2) is 87.9 Å². The number of benzene rings is 1. The maximum absolute atomic E-state index is 13.6. The molecule has 0 saturated carbocycles. The first kappa shape index (κ1) is 28.4. The molecule has 3 fully saturated rings. The fraction of sp³-hybridized carbons (Fsp3) is 0.607. The van der Waals surface area contributed by atoms with Gasteiger partial charge in [-0.05, 0) is 64.2 Å². The molecule has 1 aromatic carbocycles. The van der Waals surface area contributed by atoms with Crippen LogP contribution in [-0.2, 0) is 14.3 Å². The molecule has 4 amide bonds. The molecule has 4 rings (SSSR count). The van der Waals surface area contributed by atoms with Gasteiger partial charge in [-0.15, -0.1) is 0 Å². The summed E-state index contributed by atoms with van der Waals surface area (Å²) in [5.41, 5.74) is 5.91. The lowest BCUT2D eigenvalue weighted by molar-refractivity contribution is -0.141. The number of carbonyl (C=O) groups is 4. The second-order valence-corrected chi connectivity index (χ2v) is 11.9. The Hall–Kier alpha value is -3.65. The van der Waals surface area contributed by atoms with Crippen LogP contribution in [0.3, 0.4) is 0 Å². The number of nitrogens with one attached hydrogen (secondary N) is 1. The van der Waals surface area contributed by atoms with Gasteiger partial charge < -0.3 is 25.6 Å². The van der Waals surface area contributed by atoms with E-state index in [4.69, 9.17) is 10.5 Å². The molecule has 1 aromatic rings. The number of rotatable bonds is 7. The number of primary amides is 1. The summed E-state index contributed by atoms with van der Waals surface area (Å²) >= 11 is 0. The zero-order chi connectivity index (χ0) is 28.6. The second-order valence-electron chi connectivity index (χ2n) is 11.9. The minimum Gasteiger partial charge on any atom is -0.444 e. The van der Waals surface area contributed by atoms with Crippen LogP contribution in [0.2, 0.25) is 0 Å². The molecule has 0 aromatic heterocycles. The number of nitrogens with two attached hydrogens (primary N) is 1.